The summed E-state index contributed by atoms with van der Waals surface area (Å²) in [7, 11) is 0. The summed E-state index contributed by atoms with van der Waals surface area (Å²) in [5, 5.41) is 1.03. The van der Waals surface area contributed by atoms with Gasteiger partial charge in [-0.3, -0.25) is 4.98 Å². The monoisotopic (exact) mass is 388 g/mol. The highest BCUT2D eigenvalue weighted by molar-refractivity contribution is 5.98. The Balaban J connectivity index is 1.86. The predicted octanol–water partition coefficient (Wildman–Crippen LogP) is 2.13. The van der Waals surface area contributed by atoms with Crippen LogP contribution in [-0.2, 0) is 4.74 Å². The van der Waals surface area contributed by atoms with E-state index < -0.39 is 0 Å². The molecule has 0 aliphatic carbocycles. The van der Waals surface area contributed by atoms with Gasteiger partial charge in [0.15, 0.2) is 5.96 Å². The van der Waals surface area contributed by atoms with Crippen LogP contribution in [0, 0.1) is 0 Å². The number of benzene rings is 2. The fourth-order valence-electron chi connectivity index (χ4n) is 3.52. The molecule has 1 aliphatic rings. The SMILES string of the molecule is NC(N)=N/C(=C(\N)c1ccc2nccc(N3CCOCC3)c2c1)c1ccccc1. The zero-order valence-corrected chi connectivity index (χ0v) is 16.1. The number of aliphatic imine (C=N–C) groups is 1. The van der Waals surface area contributed by atoms with Gasteiger partial charge in [0, 0.05) is 41.5 Å². The van der Waals surface area contributed by atoms with E-state index >= 15 is 0 Å². The van der Waals surface area contributed by atoms with E-state index in [0.717, 1.165) is 40.8 Å². The number of rotatable bonds is 4. The molecular formula is C22H24N6O. The van der Waals surface area contributed by atoms with Crippen LogP contribution >= 0.6 is 0 Å². The third kappa shape index (κ3) is 4.00. The molecule has 0 atom stereocenters. The van der Waals surface area contributed by atoms with Crippen molar-refractivity contribution < 1.29 is 4.74 Å². The minimum absolute atomic E-state index is 0.0386. The molecule has 6 N–H and O–H groups in total. The Hall–Kier alpha value is -3.58. The molecule has 7 heteroatoms. The first kappa shape index (κ1) is 18.8. The fourth-order valence-corrected chi connectivity index (χ4v) is 3.52. The number of hydrogen-bond donors (Lipinski definition) is 3. The second-order valence-electron chi connectivity index (χ2n) is 6.83. The first-order chi connectivity index (χ1) is 14.1. The van der Waals surface area contributed by atoms with Crippen molar-refractivity contribution in [2.75, 3.05) is 31.2 Å². The Morgan fingerprint density at radius 2 is 1.69 bits per heavy atom. The number of aromatic nitrogens is 1. The van der Waals surface area contributed by atoms with E-state index in [4.69, 9.17) is 21.9 Å². The molecule has 0 amide bonds. The van der Waals surface area contributed by atoms with Crippen LogP contribution in [0.15, 0.2) is 65.8 Å². The minimum atomic E-state index is -0.0386. The van der Waals surface area contributed by atoms with Gasteiger partial charge in [-0.15, -0.1) is 0 Å². The van der Waals surface area contributed by atoms with Crippen molar-refractivity contribution >= 4 is 33.9 Å². The average Bonchev–Trinajstić information content (AvgIpc) is 2.77. The van der Waals surface area contributed by atoms with Crippen LogP contribution in [-0.4, -0.2) is 37.2 Å². The van der Waals surface area contributed by atoms with Crippen molar-refractivity contribution in [3.63, 3.8) is 0 Å². The van der Waals surface area contributed by atoms with E-state index in [0.29, 0.717) is 24.6 Å². The van der Waals surface area contributed by atoms with E-state index in [1.165, 1.54) is 0 Å². The summed E-state index contributed by atoms with van der Waals surface area (Å²) < 4.78 is 5.49. The Kier molecular flexibility index (Phi) is 5.31. The summed E-state index contributed by atoms with van der Waals surface area (Å²) in [6, 6.07) is 17.6. The Morgan fingerprint density at radius 1 is 0.931 bits per heavy atom. The molecule has 3 aromatic rings. The van der Waals surface area contributed by atoms with Crippen LogP contribution in [0.4, 0.5) is 5.69 Å². The fraction of sp³-hybridized carbons (Fsp3) is 0.182. The van der Waals surface area contributed by atoms with Crippen molar-refractivity contribution in [3.8, 4) is 0 Å². The molecule has 0 spiro atoms. The summed E-state index contributed by atoms with van der Waals surface area (Å²) >= 11 is 0. The average molecular weight is 388 g/mol. The molecule has 0 saturated carbocycles. The molecule has 0 unspecified atom stereocenters. The van der Waals surface area contributed by atoms with Gasteiger partial charge in [0.25, 0.3) is 0 Å². The maximum absolute atomic E-state index is 6.55. The zero-order valence-electron chi connectivity index (χ0n) is 16.1. The Labute approximate surface area is 169 Å². The molecule has 2 aromatic carbocycles. The van der Waals surface area contributed by atoms with Crippen LogP contribution in [0.25, 0.3) is 22.3 Å². The standard InChI is InChI=1S/C22H24N6O/c23-20(21(27-22(24)25)15-4-2-1-3-5-15)16-6-7-18-17(14-16)19(8-9-26-18)28-10-12-29-13-11-28/h1-9,14H,10-13,23H2,(H4,24,25,27)/b21-20-. The molecule has 7 nitrogen and oxygen atoms in total. The predicted molar refractivity (Wildman–Crippen MR) is 118 cm³/mol. The van der Waals surface area contributed by atoms with Crippen molar-refractivity contribution in [2.24, 2.45) is 22.2 Å². The quantitative estimate of drug-likeness (QED) is 0.358. The van der Waals surface area contributed by atoms with Crippen LogP contribution in [0.1, 0.15) is 11.1 Å². The van der Waals surface area contributed by atoms with E-state index in [-0.39, 0.29) is 5.96 Å². The number of hydrogen-bond acceptors (Lipinski definition) is 5. The third-order valence-corrected chi connectivity index (χ3v) is 4.92. The van der Waals surface area contributed by atoms with Crippen molar-refractivity contribution in [1.82, 2.24) is 4.98 Å². The smallest absolute Gasteiger partial charge is 0.191 e. The van der Waals surface area contributed by atoms with Crippen LogP contribution < -0.4 is 22.1 Å². The summed E-state index contributed by atoms with van der Waals surface area (Å²) in [6.07, 6.45) is 1.83. The molecule has 1 saturated heterocycles. The summed E-state index contributed by atoms with van der Waals surface area (Å²) in [4.78, 5) is 11.1. The summed E-state index contributed by atoms with van der Waals surface area (Å²) in [5.74, 6) is -0.0386. The van der Waals surface area contributed by atoms with Crippen molar-refractivity contribution in [2.45, 2.75) is 0 Å². The molecule has 2 heterocycles. The van der Waals surface area contributed by atoms with Gasteiger partial charge in [0.1, 0.15) is 0 Å². The molecule has 29 heavy (non-hydrogen) atoms. The second kappa shape index (κ2) is 8.20. The highest BCUT2D eigenvalue weighted by Gasteiger charge is 2.16. The van der Waals surface area contributed by atoms with Gasteiger partial charge in [-0.05, 0) is 18.2 Å². The normalized spacial score (nSPS) is 15.1. The molecule has 4 rings (SSSR count). The Morgan fingerprint density at radius 3 is 2.41 bits per heavy atom. The van der Waals surface area contributed by atoms with Gasteiger partial charge in [0.05, 0.1) is 30.1 Å². The highest BCUT2D eigenvalue weighted by Crippen LogP contribution is 2.30. The molecule has 148 valence electrons. The molecule has 1 fully saturated rings. The van der Waals surface area contributed by atoms with Gasteiger partial charge < -0.3 is 26.8 Å². The topological polar surface area (TPSA) is 116 Å². The van der Waals surface area contributed by atoms with Gasteiger partial charge >= 0.3 is 0 Å². The zero-order chi connectivity index (χ0) is 20.2. The van der Waals surface area contributed by atoms with E-state index in [9.17, 15) is 0 Å². The first-order valence-electron chi connectivity index (χ1n) is 9.50. The summed E-state index contributed by atoms with van der Waals surface area (Å²) in [6.45, 7) is 3.12. The Bertz CT molecular complexity index is 1070. The van der Waals surface area contributed by atoms with Gasteiger partial charge in [0.2, 0.25) is 0 Å². The molecule has 1 aliphatic heterocycles. The maximum Gasteiger partial charge on any atom is 0.191 e. The lowest BCUT2D eigenvalue weighted by molar-refractivity contribution is 0.123. The number of morpholine rings is 1. The lowest BCUT2D eigenvalue weighted by Crippen LogP contribution is -2.36. The van der Waals surface area contributed by atoms with Crippen molar-refractivity contribution in [3.05, 3.63) is 71.9 Å². The van der Waals surface area contributed by atoms with Crippen LogP contribution in [0.2, 0.25) is 0 Å². The number of ether oxygens (including phenoxy) is 1. The van der Waals surface area contributed by atoms with E-state index in [2.05, 4.69) is 14.9 Å². The first-order valence-corrected chi connectivity index (χ1v) is 9.50. The largest absolute Gasteiger partial charge is 0.396 e. The molecule has 1 aromatic heterocycles. The van der Waals surface area contributed by atoms with E-state index in [1.807, 2.05) is 60.8 Å². The minimum Gasteiger partial charge on any atom is -0.396 e. The second-order valence-corrected chi connectivity index (χ2v) is 6.83. The van der Waals surface area contributed by atoms with Gasteiger partial charge in [-0.1, -0.05) is 36.4 Å². The van der Waals surface area contributed by atoms with Crippen LogP contribution in [0.5, 0.6) is 0 Å². The molecular weight excluding hydrogens is 364 g/mol. The number of nitrogens with two attached hydrogens (primary N) is 3. The number of pyridine rings is 1. The number of nitrogens with zero attached hydrogens (tertiary/aromatic N) is 3. The summed E-state index contributed by atoms with van der Waals surface area (Å²) in [5.41, 5.74) is 22.6. The molecule has 0 radical (unpaired) electrons. The number of guanidine groups is 1. The number of fused-ring (bicyclic) bond motifs is 1. The highest BCUT2D eigenvalue weighted by atomic mass is 16.5. The van der Waals surface area contributed by atoms with Gasteiger partial charge in [-0.25, -0.2) is 4.99 Å². The van der Waals surface area contributed by atoms with Crippen LogP contribution in [0.3, 0.4) is 0 Å². The number of anilines is 1. The lowest BCUT2D eigenvalue weighted by atomic mass is 10.0. The maximum atomic E-state index is 6.55. The third-order valence-electron chi connectivity index (χ3n) is 4.92. The van der Waals surface area contributed by atoms with Gasteiger partial charge in [-0.2, -0.15) is 0 Å². The molecule has 0 bridgehead atoms. The van der Waals surface area contributed by atoms with Crippen molar-refractivity contribution in [1.29, 1.82) is 0 Å². The van der Waals surface area contributed by atoms with E-state index in [1.54, 1.807) is 0 Å². The lowest BCUT2D eigenvalue weighted by Gasteiger charge is -2.29.